The first-order chi connectivity index (χ1) is 15.5. The van der Waals surface area contributed by atoms with Crippen LogP contribution in [0.5, 0.6) is 11.5 Å². The molecule has 0 unspecified atom stereocenters. The average Bonchev–Trinajstić information content (AvgIpc) is 2.81. The quantitative estimate of drug-likeness (QED) is 0.587. The summed E-state index contributed by atoms with van der Waals surface area (Å²) in [6, 6.07) is 9.73. The van der Waals surface area contributed by atoms with Crippen LogP contribution in [0.4, 0.5) is 0 Å². The zero-order valence-electron chi connectivity index (χ0n) is 18.6. The van der Waals surface area contributed by atoms with Crippen molar-refractivity contribution in [2.75, 3.05) is 26.3 Å². The van der Waals surface area contributed by atoms with Crippen LogP contribution in [0.2, 0.25) is 0 Å². The Balaban J connectivity index is 1.86. The molecule has 0 fully saturated rings. The summed E-state index contributed by atoms with van der Waals surface area (Å²) in [5.41, 5.74) is 0.644. The Labute approximate surface area is 188 Å². The molecule has 2 amide bonds. The molecule has 172 valence electrons. The van der Waals surface area contributed by atoms with Crippen molar-refractivity contribution in [3.05, 3.63) is 54.4 Å². The summed E-state index contributed by atoms with van der Waals surface area (Å²) in [6.07, 6.45) is 3.45. The Morgan fingerprint density at radius 3 is 2.59 bits per heavy atom. The molecule has 8 heteroatoms. The van der Waals surface area contributed by atoms with Crippen molar-refractivity contribution in [2.24, 2.45) is 5.92 Å². The van der Waals surface area contributed by atoms with Crippen molar-refractivity contribution >= 4 is 11.8 Å². The first-order valence-electron chi connectivity index (χ1n) is 11.0. The summed E-state index contributed by atoms with van der Waals surface area (Å²) in [7, 11) is 0. The highest BCUT2D eigenvalue weighted by Crippen LogP contribution is 2.32. The van der Waals surface area contributed by atoms with Gasteiger partial charge in [-0.1, -0.05) is 26.0 Å². The van der Waals surface area contributed by atoms with Crippen molar-refractivity contribution in [3.63, 3.8) is 0 Å². The molecule has 0 saturated carbocycles. The number of aliphatic hydroxyl groups excluding tert-OH is 1. The van der Waals surface area contributed by atoms with Crippen LogP contribution in [0.1, 0.15) is 38.3 Å². The van der Waals surface area contributed by atoms with E-state index in [0.717, 1.165) is 6.42 Å². The number of aromatic nitrogens is 1. The molecule has 2 aromatic rings. The normalized spacial score (nSPS) is 15.8. The minimum absolute atomic E-state index is 0.0451. The van der Waals surface area contributed by atoms with E-state index in [4.69, 9.17) is 9.47 Å². The largest absolute Gasteiger partial charge is 0.485 e. The van der Waals surface area contributed by atoms with Gasteiger partial charge in [0.15, 0.2) is 11.5 Å². The summed E-state index contributed by atoms with van der Waals surface area (Å²) >= 11 is 0. The smallest absolute Gasteiger partial charge is 0.268 e. The predicted octanol–water partition coefficient (Wildman–Crippen LogP) is 2.34. The highest BCUT2D eigenvalue weighted by Gasteiger charge is 2.37. The number of ether oxygens (including phenoxy) is 2. The number of nitrogens with one attached hydrogen (secondary N) is 1. The summed E-state index contributed by atoms with van der Waals surface area (Å²) in [6.45, 7) is 4.82. The molecule has 32 heavy (non-hydrogen) atoms. The second kappa shape index (κ2) is 11.5. The van der Waals surface area contributed by atoms with Crippen molar-refractivity contribution < 1.29 is 24.2 Å². The van der Waals surface area contributed by atoms with Crippen LogP contribution in [-0.4, -0.2) is 59.2 Å². The topological polar surface area (TPSA) is 101 Å². The maximum Gasteiger partial charge on any atom is 0.268 e. The van der Waals surface area contributed by atoms with Gasteiger partial charge in [-0.05, 0) is 48.6 Å². The van der Waals surface area contributed by atoms with E-state index in [0.29, 0.717) is 35.9 Å². The molecule has 2 heterocycles. The fourth-order valence-corrected chi connectivity index (χ4v) is 3.53. The molecule has 1 aliphatic rings. The minimum Gasteiger partial charge on any atom is -0.485 e. The van der Waals surface area contributed by atoms with E-state index < -0.39 is 12.1 Å². The number of pyridine rings is 1. The van der Waals surface area contributed by atoms with Crippen molar-refractivity contribution in [3.8, 4) is 11.5 Å². The Morgan fingerprint density at radius 2 is 1.91 bits per heavy atom. The molecule has 1 aromatic carbocycles. The SMILES string of the molecule is CC(C)CCNC(=O)[C@H](c1ccncc1)N(CCCO)C(=O)[C@H]1COc2ccccc2O1. The van der Waals surface area contributed by atoms with Gasteiger partial charge in [-0.15, -0.1) is 0 Å². The molecule has 1 aromatic heterocycles. The summed E-state index contributed by atoms with van der Waals surface area (Å²) in [4.78, 5) is 32.3. The van der Waals surface area contributed by atoms with Crippen LogP contribution in [0.15, 0.2) is 48.8 Å². The fraction of sp³-hybridized carbons (Fsp3) is 0.458. The van der Waals surface area contributed by atoms with Crippen LogP contribution in [0, 0.1) is 5.92 Å². The zero-order valence-corrected chi connectivity index (χ0v) is 18.6. The monoisotopic (exact) mass is 441 g/mol. The van der Waals surface area contributed by atoms with Crippen LogP contribution >= 0.6 is 0 Å². The van der Waals surface area contributed by atoms with Crippen molar-refractivity contribution in [2.45, 2.75) is 38.8 Å². The molecule has 0 saturated heterocycles. The van der Waals surface area contributed by atoms with E-state index in [2.05, 4.69) is 24.1 Å². The van der Waals surface area contributed by atoms with Gasteiger partial charge >= 0.3 is 0 Å². The number of fused-ring (bicyclic) bond motifs is 1. The van der Waals surface area contributed by atoms with E-state index in [-0.39, 0.29) is 31.6 Å². The Kier molecular flexibility index (Phi) is 8.44. The molecule has 0 bridgehead atoms. The average molecular weight is 442 g/mol. The van der Waals surface area contributed by atoms with E-state index in [1.165, 1.54) is 4.90 Å². The molecule has 0 spiro atoms. The highest BCUT2D eigenvalue weighted by molar-refractivity contribution is 5.90. The lowest BCUT2D eigenvalue weighted by Crippen LogP contribution is -2.51. The van der Waals surface area contributed by atoms with Gasteiger partial charge in [0.25, 0.3) is 5.91 Å². The maximum atomic E-state index is 13.6. The van der Waals surface area contributed by atoms with Gasteiger partial charge in [0.1, 0.15) is 12.6 Å². The lowest BCUT2D eigenvalue weighted by atomic mass is 10.0. The summed E-state index contributed by atoms with van der Waals surface area (Å²) < 4.78 is 11.6. The van der Waals surface area contributed by atoms with E-state index in [9.17, 15) is 14.7 Å². The molecular formula is C24H31N3O5. The molecule has 2 atom stereocenters. The molecular weight excluding hydrogens is 410 g/mol. The standard InChI is InChI=1S/C24H31N3O5/c1-17(2)8-13-26-23(29)22(18-9-11-25-12-10-18)27(14-5-15-28)24(30)21-16-31-19-6-3-4-7-20(19)32-21/h3-4,6-7,9-12,17,21-22,28H,5,8,13-16H2,1-2H3,(H,26,29)/t21-,22+/m1/s1. The van der Waals surface area contributed by atoms with Gasteiger partial charge in [0.05, 0.1) is 0 Å². The molecule has 0 aliphatic carbocycles. The molecule has 2 N–H and O–H groups in total. The third kappa shape index (κ3) is 5.97. The third-order valence-electron chi connectivity index (χ3n) is 5.23. The number of hydrogen-bond acceptors (Lipinski definition) is 6. The number of amides is 2. The summed E-state index contributed by atoms with van der Waals surface area (Å²) in [5, 5.41) is 12.4. The number of carbonyl (C=O) groups excluding carboxylic acids is 2. The van der Waals surface area contributed by atoms with Crippen molar-refractivity contribution in [1.29, 1.82) is 0 Å². The highest BCUT2D eigenvalue weighted by atomic mass is 16.6. The number of rotatable bonds is 10. The van der Waals surface area contributed by atoms with Gasteiger partial charge in [-0.25, -0.2) is 0 Å². The number of carbonyl (C=O) groups is 2. The lowest BCUT2D eigenvalue weighted by molar-refractivity contribution is -0.148. The van der Waals surface area contributed by atoms with Gasteiger partial charge < -0.3 is 24.8 Å². The zero-order chi connectivity index (χ0) is 22.9. The second-order valence-corrected chi connectivity index (χ2v) is 8.13. The fourth-order valence-electron chi connectivity index (χ4n) is 3.53. The Morgan fingerprint density at radius 1 is 1.19 bits per heavy atom. The molecule has 3 rings (SSSR count). The van der Waals surface area contributed by atoms with Gasteiger partial charge in [0.2, 0.25) is 12.0 Å². The van der Waals surface area contributed by atoms with Gasteiger partial charge in [-0.3, -0.25) is 14.6 Å². The minimum atomic E-state index is -0.892. The van der Waals surface area contributed by atoms with E-state index in [1.54, 1.807) is 42.7 Å². The number of para-hydroxylation sites is 2. The predicted molar refractivity (Wildman–Crippen MR) is 119 cm³/mol. The van der Waals surface area contributed by atoms with Crippen molar-refractivity contribution in [1.82, 2.24) is 15.2 Å². The molecule has 0 radical (unpaired) electrons. The van der Waals surface area contributed by atoms with Gasteiger partial charge in [-0.2, -0.15) is 0 Å². The maximum absolute atomic E-state index is 13.6. The number of nitrogens with zero attached hydrogens (tertiary/aromatic N) is 2. The number of benzene rings is 1. The number of hydrogen-bond donors (Lipinski definition) is 2. The van der Waals surface area contributed by atoms with Crippen LogP contribution < -0.4 is 14.8 Å². The summed E-state index contributed by atoms with van der Waals surface area (Å²) in [5.74, 6) is 0.861. The number of aliphatic hydroxyl groups is 1. The van der Waals surface area contributed by atoms with E-state index in [1.807, 2.05) is 6.07 Å². The lowest BCUT2D eigenvalue weighted by Gasteiger charge is -2.35. The Hall–Kier alpha value is -3.13. The first-order valence-corrected chi connectivity index (χ1v) is 11.0. The van der Waals surface area contributed by atoms with Crippen LogP contribution in [0.25, 0.3) is 0 Å². The molecule has 1 aliphatic heterocycles. The Bertz CT molecular complexity index is 890. The third-order valence-corrected chi connectivity index (χ3v) is 5.23. The molecule has 8 nitrogen and oxygen atoms in total. The van der Waals surface area contributed by atoms with E-state index >= 15 is 0 Å². The van der Waals surface area contributed by atoms with Gasteiger partial charge in [0, 0.05) is 32.1 Å². The first kappa shape index (κ1) is 23.5. The van der Waals surface area contributed by atoms with Crippen LogP contribution in [-0.2, 0) is 9.59 Å². The second-order valence-electron chi connectivity index (χ2n) is 8.13. The van der Waals surface area contributed by atoms with Crippen LogP contribution in [0.3, 0.4) is 0 Å².